The van der Waals surface area contributed by atoms with Gasteiger partial charge in [0.2, 0.25) is 0 Å². The first-order valence-electron chi connectivity index (χ1n) is 0.894. The van der Waals surface area contributed by atoms with Crippen LogP contribution in [0.3, 0.4) is 0 Å². The van der Waals surface area contributed by atoms with Crippen molar-refractivity contribution in [3.05, 3.63) is 0 Å². The predicted molar refractivity (Wildman–Crippen MR) is 14.6 cm³/mol. The molecule has 0 aromatic heterocycles. The molecular formula is H4ClNaO4Si. The van der Waals surface area contributed by atoms with Crippen molar-refractivity contribution in [3.8, 4) is 0 Å². The summed E-state index contributed by atoms with van der Waals surface area (Å²) in [5, 5.41) is 0. The number of rotatable bonds is 0. The van der Waals surface area contributed by atoms with Gasteiger partial charge in [-0.05, 0) is 0 Å². The van der Waals surface area contributed by atoms with Crippen molar-refractivity contribution in [1.82, 2.24) is 0 Å². The van der Waals surface area contributed by atoms with E-state index in [1.54, 1.807) is 0 Å². The zero-order chi connectivity index (χ0) is 4.50. The Morgan fingerprint density at radius 3 is 0.857 bits per heavy atom. The second-order valence-corrected chi connectivity index (χ2v) is 1.80. The van der Waals surface area contributed by atoms with Gasteiger partial charge in [0.05, 0.1) is 0 Å². The molecule has 0 aliphatic carbocycles. The SMILES string of the molecule is O[Si](O)(O)O.[Cl-].[Na+]. The molecule has 40 valence electrons. The van der Waals surface area contributed by atoms with E-state index < -0.39 is 9.05 Å². The van der Waals surface area contributed by atoms with Gasteiger partial charge in [0, 0.05) is 0 Å². The van der Waals surface area contributed by atoms with Crippen molar-refractivity contribution in [2.75, 3.05) is 0 Å². The number of hydrogen-bond acceptors (Lipinski definition) is 4. The Bertz CT molecular complexity index is 27.2. The summed E-state index contributed by atoms with van der Waals surface area (Å²) in [7, 11) is -4.61. The van der Waals surface area contributed by atoms with E-state index in [-0.39, 0.29) is 42.0 Å². The van der Waals surface area contributed by atoms with E-state index in [1.165, 1.54) is 0 Å². The third-order valence-electron chi connectivity index (χ3n) is 0. The number of hydrogen-bond donors (Lipinski definition) is 4. The molecule has 0 heterocycles. The van der Waals surface area contributed by atoms with E-state index in [0.717, 1.165) is 0 Å². The topological polar surface area (TPSA) is 80.9 Å². The van der Waals surface area contributed by atoms with Gasteiger partial charge in [-0.25, -0.2) is 0 Å². The van der Waals surface area contributed by atoms with Crippen LogP contribution in [0.1, 0.15) is 0 Å². The molecule has 0 aromatic carbocycles. The zero-order valence-corrected chi connectivity index (χ0v) is 7.42. The van der Waals surface area contributed by atoms with Crippen LogP contribution in [0.4, 0.5) is 0 Å². The molecule has 0 aromatic rings. The maximum atomic E-state index is 7.33. The van der Waals surface area contributed by atoms with Crippen LogP contribution in [-0.4, -0.2) is 28.2 Å². The van der Waals surface area contributed by atoms with Crippen LogP contribution in [-0.2, 0) is 0 Å². The van der Waals surface area contributed by atoms with Gasteiger partial charge in [0.1, 0.15) is 0 Å². The second kappa shape index (κ2) is 5.48. The van der Waals surface area contributed by atoms with Crippen LogP contribution >= 0.6 is 0 Å². The van der Waals surface area contributed by atoms with Gasteiger partial charge in [-0.2, -0.15) is 0 Å². The van der Waals surface area contributed by atoms with Crippen molar-refractivity contribution in [3.63, 3.8) is 0 Å². The summed E-state index contributed by atoms with van der Waals surface area (Å²) < 4.78 is 0. The first-order valence-corrected chi connectivity index (χ1v) is 2.68. The quantitative estimate of drug-likeness (QED) is 0.261. The van der Waals surface area contributed by atoms with Crippen LogP contribution < -0.4 is 42.0 Å². The van der Waals surface area contributed by atoms with E-state index in [0.29, 0.717) is 0 Å². The van der Waals surface area contributed by atoms with Crippen molar-refractivity contribution < 1.29 is 61.1 Å². The fraction of sp³-hybridized carbons (Fsp3) is 0. The molecule has 0 aliphatic rings. The largest absolute Gasteiger partial charge is 1.00 e. The van der Waals surface area contributed by atoms with Crippen molar-refractivity contribution in [1.29, 1.82) is 0 Å². The van der Waals surface area contributed by atoms with E-state index in [1.807, 2.05) is 0 Å². The van der Waals surface area contributed by atoms with Crippen LogP contribution in [0.15, 0.2) is 0 Å². The Kier molecular flexibility index (Phi) is 12.3. The monoisotopic (exact) mass is 154 g/mol. The molecule has 0 aliphatic heterocycles. The first-order chi connectivity index (χ1) is 2.00. The Morgan fingerprint density at radius 1 is 0.857 bits per heavy atom. The molecule has 0 radical (unpaired) electrons. The molecule has 0 saturated carbocycles. The van der Waals surface area contributed by atoms with Gasteiger partial charge in [0.25, 0.3) is 0 Å². The molecule has 0 fully saturated rings. The standard InChI is InChI=1S/ClH.Na.H4O4Si/c;;1-5(2,3)4/h1H;;1-4H/q;+1;/p-1. The maximum absolute atomic E-state index is 7.33. The smallest absolute Gasteiger partial charge is 1.00 e. The summed E-state index contributed by atoms with van der Waals surface area (Å²) in [6.45, 7) is 0. The third kappa shape index (κ3) is 116. The van der Waals surface area contributed by atoms with Crippen molar-refractivity contribution in [2.24, 2.45) is 0 Å². The molecule has 7 heteroatoms. The second-order valence-electron chi connectivity index (χ2n) is 0.600. The average Bonchev–Trinajstić information content (AvgIpc) is 0.722. The molecule has 0 unspecified atom stereocenters. The maximum Gasteiger partial charge on any atom is 1.00 e. The Morgan fingerprint density at radius 2 is 0.857 bits per heavy atom. The van der Waals surface area contributed by atoms with Gasteiger partial charge >= 0.3 is 38.6 Å². The van der Waals surface area contributed by atoms with Gasteiger partial charge in [-0.1, -0.05) is 0 Å². The fourth-order valence-corrected chi connectivity index (χ4v) is 0. The molecule has 0 bridgehead atoms. The predicted octanol–water partition coefficient (Wildman–Crippen LogP) is -8.60. The molecule has 4 nitrogen and oxygen atoms in total. The van der Waals surface area contributed by atoms with E-state index in [4.69, 9.17) is 19.2 Å². The normalized spacial score (nSPS) is 8.57. The fourth-order valence-electron chi connectivity index (χ4n) is 0. The van der Waals surface area contributed by atoms with Gasteiger partial charge in [0.15, 0.2) is 0 Å². The van der Waals surface area contributed by atoms with Gasteiger partial charge < -0.3 is 31.6 Å². The van der Waals surface area contributed by atoms with Crippen molar-refractivity contribution >= 4 is 9.05 Å². The summed E-state index contributed by atoms with van der Waals surface area (Å²) in [5.41, 5.74) is 0. The van der Waals surface area contributed by atoms with Gasteiger partial charge in [-0.3, -0.25) is 0 Å². The zero-order valence-electron chi connectivity index (χ0n) is 3.67. The summed E-state index contributed by atoms with van der Waals surface area (Å²) >= 11 is 0. The minimum atomic E-state index is -4.61. The summed E-state index contributed by atoms with van der Waals surface area (Å²) in [6, 6.07) is 0. The summed E-state index contributed by atoms with van der Waals surface area (Å²) in [5.74, 6) is 0. The minimum Gasteiger partial charge on any atom is -1.00 e. The van der Waals surface area contributed by atoms with Gasteiger partial charge in [-0.15, -0.1) is 0 Å². The molecule has 0 atom stereocenters. The minimum absolute atomic E-state index is 0. The molecule has 0 rings (SSSR count). The number of halogens is 1. The van der Waals surface area contributed by atoms with E-state index in [9.17, 15) is 0 Å². The Labute approximate surface area is 70.0 Å². The third-order valence-corrected chi connectivity index (χ3v) is 0. The van der Waals surface area contributed by atoms with Crippen LogP contribution in [0, 0.1) is 0 Å². The van der Waals surface area contributed by atoms with Crippen LogP contribution in [0.25, 0.3) is 0 Å². The summed E-state index contributed by atoms with van der Waals surface area (Å²) in [4.78, 5) is 29.3. The molecule has 4 N–H and O–H groups in total. The first kappa shape index (κ1) is 15.8. The van der Waals surface area contributed by atoms with Crippen molar-refractivity contribution in [2.45, 2.75) is 0 Å². The van der Waals surface area contributed by atoms with Crippen LogP contribution in [0.2, 0.25) is 0 Å². The Hall–Kier alpha value is 1.35. The molecule has 0 amide bonds. The summed E-state index contributed by atoms with van der Waals surface area (Å²) in [6.07, 6.45) is 0. The molecule has 7 heavy (non-hydrogen) atoms. The Balaban J connectivity index is -0.0000000800. The van der Waals surface area contributed by atoms with Crippen LogP contribution in [0.5, 0.6) is 0 Å². The molecule has 0 spiro atoms. The average molecular weight is 155 g/mol. The van der Waals surface area contributed by atoms with E-state index in [2.05, 4.69) is 0 Å². The van der Waals surface area contributed by atoms with E-state index >= 15 is 0 Å². The molecule has 0 saturated heterocycles. The molecular weight excluding hydrogens is 151 g/mol.